The van der Waals surface area contributed by atoms with Crippen LogP contribution in [0.3, 0.4) is 0 Å². The third-order valence-electron chi connectivity index (χ3n) is 4.91. The van der Waals surface area contributed by atoms with Crippen molar-refractivity contribution in [2.45, 2.75) is 26.4 Å². The van der Waals surface area contributed by atoms with E-state index in [1.54, 1.807) is 31.3 Å². The molecule has 0 spiro atoms. The molecular weight excluding hydrogens is 433 g/mol. The summed E-state index contributed by atoms with van der Waals surface area (Å²) in [4.78, 5) is 20.2. The molecule has 2 aromatic carbocycles. The van der Waals surface area contributed by atoms with Crippen LogP contribution in [0.5, 0.6) is 0 Å². The van der Waals surface area contributed by atoms with Gasteiger partial charge in [0.05, 0.1) is 32.7 Å². The molecule has 31 heavy (non-hydrogen) atoms. The van der Waals surface area contributed by atoms with Gasteiger partial charge in [-0.3, -0.25) is 4.79 Å². The van der Waals surface area contributed by atoms with Crippen LogP contribution < -0.4 is 10.9 Å². The summed E-state index contributed by atoms with van der Waals surface area (Å²) in [5, 5.41) is 15.5. The molecule has 0 amide bonds. The topological polar surface area (TPSA) is 78.0 Å². The maximum absolute atomic E-state index is 12.7. The van der Waals surface area contributed by atoms with Crippen molar-refractivity contribution in [2.75, 3.05) is 5.32 Å². The largest absolute Gasteiger partial charge is 0.389 e. The number of rotatable bonds is 3. The molecule has 0 saturated carbocycles. The van der Waals surface area contributed by atoms with Crippen LogP contribution in [-0.4, -0.2) is 15.1 Å². The number of aliphatic hydroxyl groups is 1. The number of hydrogen-bond donors (Lipinski definition) is 3. The highest BCUT2D eigenvalue weighted by Gasteiger charge is 2.16. The summed E-state index contributed by atoms with van der Waals surface area (Å²) in [6.45, 7) is 3.62. The summed E-state index contributed by atoms with van der Waals surface area (Å²) < 4.78 is 0. The van der Waals surface area contributed by atoms with Crippen LogP contribution in [0, 0.1) is 11.8 Å². The number of H-pyrrole nitrogens is 1. The zero-order valence-corrected chi connectivity index (χ0v) is 18.4. The minimum absolute atomic E-state index is 0.227. The molecule has 0 bridgehead atoms. The molecule has 3 N–H and O–H groups in total. The predicted octanol–water partition coefficient (Wildman–Crippen LogP) is 5.94. The van der Waals surface area contributed by atoms with Crippen LogP contribution >= 0.6 is 23.2 Å². The number of nitrogens with zero attached hydrogens (tertiary/aromatic N) is 1. The third kappa shape index (κ3) is 4.11. The zero-order chi connectivity index (χ0) is 22.1. The molecule has 7 heteroatoms. The Kier molecular flexibility index (Phi) is 5.88. The summed E-state index contributed by atoms with van der Waals surface area (Å²) in [6.07, 6.45) is 1.62. The van der Waals surface area contributed by atoms with Gasteiger partial charge in [-0.1, -0.05) is 42.0 Å². The van der Waals surface area contributed by atoms with Crippen LogP contribution in [0.4, 0.5) is 11.5 Å². The number of aliphatic hydroxyl groups excluding tert-OH is 1. The fourth-order valence-corrected chi connectivity index (χ4v) is 3.99. The van der Waals surface area contributed by atoms with Gasteiger partial charge in [0.2, 0.25) is 0 Å². The Morgan fingerprint density at radius 3 is 2.58 bits per heavy atom. The minimum atomic E-state index is -0.702. The Morgan fingerprint density at radius 2 is 1.90 bits per heavy atom. The van der Waals surface area contributed by atoms with Crippen molar-refractivity contribution in [3.8, 4) is 11.8 Å². The van der Waals surface area contributed by atoms with Crippen LogP contribution in [0.2, 0.25) is 10.0 Å². The van der Waals surface area contributed by atoms with Gasteiger partial charge in [0.1, 0.15) is 5.82 Å². The van der Waals surface area contributed by atoms with Crippen molar-refractivity contribution in [1.82, 2.24) is 9.97 Å². The number of benzene rings is 2. The molecule has 0 radical (unpaired) electrons. The Balaban J connectivity index is 1.93. The Hall–Kier alpha value is -3.04. The van der Waals surface area contributed by atoms with Gasteiger partial charge in [-0.2, -0.15) is 0 Å². The maximum atomic E-state index is 12.7. The molecule has 0 aliphatic heterocycles. The van der Waals surface area contributed by atoms with E-state index in [-0.39, 0.29) is 5.56 Å². The van der Waals surface area contributed by atoms with E-state index < -0.39 is 6.10 Å². The van der Waals surface area contributed by atoms with Crippen molar-refractivity contribution in [3.05, 3.63) is 74.1 Å². The van der Waals surface area contributed by atoms with Crippen molar-refractivity contribution in [3.63, 3.8) is 0 Å². The highest BCUT2D eigenvalue weighted by atomic mass is 35.5. The van der Waals surface area contributed by atoms with Gasteiger partial charge in [-0.05, 0) is 48.9 Å². The van der Waals surface area contributed by atoms with E-state index in [1.807, 2.05) is 25.1 Å². The number of pyridine rings is 2. The molecule has 0 aliphatic rings. The fraction of sp³-hybridized carbons (Fsp3) is 0.167. The molecule has 0 aliphatic carbocycles. The molecular formula is C24H19Cl2N3O2. The van der Waals surface area contributed by atoms with Gasteiger partial charge >= 0.3 is 0 Å². The van der Waals surface area contributed by atoms with E-state index >= 15 is 0 Å². The van der Waals surface area contributed by atoms with E-state index in [1.165, 1.54) is 0 Å². The smallest absolute Gasteiger partial charge is 0.256 e. The first kappa shape index (κ1) is 21.2. The average Bonchev–Trinajstić information content (AvgIpc) is 2.74. The van der Waals surface area contributed by atoms with Crippen molar-refractivity contribution in [1.29, 1.82) is 0 Å². The van der Waals surface area contributed by atoms with Gasteiger partial charge in [0.15, 0.2) is 0 Å². The molecule has 0 saturated heterocycles. The minimum Gasteiger partial charge on any atom is -0.389 e. The van der Waals surface area contributed by atoms with Gasteiger partial charge in [0, 0.05) is 29.0 Å². The summed E-state index contributed by atoms with van der Waals surface area (Å²) >= 11 is 12.9. The predicted molar refractivity (Wildman–Crippen MR) is 127 cm³/mol. The first-order valence-corrected chi connectivity index (χ1v) is 10.5. The number of anilines is 2. The standard InChI is InChI=1S/C24H19Cl2N3O2/c1-3-4-5-14-6-7-20-17(10-14)21-16(8-9-27-24(21)31)23(28-20)29-22-18(25)11-15(13(2)30)12-19(22)26/h6-13,30H,3H2,1-2H3,(H,27,31)(H,28,29)/t13-/m0/s1. The number of aromatic nitrogens is 2. The van der Waals surface area contributed by atoms with Crippen LogP contribution in [0.1, 0.15) is 37.5 Å². The molecule has 0 unspecified atom stereocenters. The first-order chi connectivity index (χ1) is 14.9. The lowest BCUT2D eigenvalue weighted by Crippen LogP contribution is -2.08. The second kappa shape index (κ2) is 8.60. The third-order valence-corrected chi connectivity index (χ3v) is 5.51. The maximum Gasteiger partial charge on any atom is 0.256 e. The summed E-state index contributed by atoms with van der Waals surface area (Å²) in [5.41, 5.74) is 2.29. The molecule has 1 atom stereocenters. The quantitative estimate of drug-likeness (QED) is 0.266. The van der Waals surface area contributed by atoms with Crippen LogP contribution in [0.15, 0.2) is 47.4 Å². The summed E-state index contributed by atoms with van der Waals surface area (Å²) in [5.74, 6) is 6.59. The van der Waals surface area contributed by atoms with Gasteiger partial charge in [0.25, 0.3) is 5.56 Å². The number of aromatic amines is 1. The Bertz CT molecular complexity index is 1410. The SMILES string of the molecule is CCC#Cc1ccc2nc(Nc3c(Cl)cc([C@H](C)O)cc3Cl)c3cc[nH]c(=O)c3c2c1. The molecule has 156 valence electrons. The monoisotopic (exact) mass is 451 g/mol. The lowest BCUT2D eigenvalue weighted by atomic mass is 10.0. The van der Waals surface area contributed by atoms with Crippen molar-refractivity contribution in [2.24, 2.45) is 0 Å². The highest BCUT2D eigenvalue weighted by Crippen LogP contribution is 2.37. The Morgan fingerprint density at radius 1 is 1.16 bits per heavy atom. The highest BCUT2D eigenvalue weighted by molar-refractivity contribution is 6.39. The second-order valence-electron chi connectivity index (χ2n) is 7.10. The first-order valence-electron chi connectivity index (χ1n) is 9.77. The number of hydrogen-bond acceptors (Lipinski definition) is 4. The van der Waals surface area contributed by atoms with Crippen molar-refractivity contribution < 1.29 is 5.11 Å². The number of halogens is 2. The normalized spacial score (nSPS) is 11.9. The Labute approximate surface area is 189 Å². The van der Waals surface area contributed by atoms with E-state index in [2.05, 4.69) is 22.1 Å². The lowest BCUT2D eigenvalue weighted by Gasteiger charge is -2.15. The average molecular weight is 452 g/mol. The molecule has 5 nitrogen and oxygen atoms in total. The van der Waals surface area contributed by atoms with E-state index in [9.17, 15) is 9.90 Å². The second-order valence-corrected chi connectivity index (χ2v) is 7.92. The van der Waals surface area contributed by atoms with Crippen molar-refractivity contribution >= 4 is 56.4 Å². The number of fused-ring (bicyclic) bond motifs is 3. The lowest BCUT2D eigenvalue weighted by molar-refractivity contribution is 0.199. The van der Waals surface area contributed by atoms with E-state index in [0.717, 1.165) is 12.0 Å². The van der Waals surface area contributed by atoms with Crippen LogP contribution in [-0.2, 0) is 0 Å². The van der Waals surface area contributed by atoms with Gasteiger partial charge < -0.3 is 15.4 Å². The van der Waals surface area contributed by atoms with E-state index in [4.69, 9.17) is 28.2 Å². The van der Waals surface area contributed by atoms with Gasteiger partial charge in [-0.15, -0.1) is 0 Å². The van der Waals surface area contributed by atoms with E-state index in [0.29, 0.717) is 48.8 Å². The number of nitrogens with one attached hydrogen (secondary N) is 2. The molecule has 4 rings (SSSR count). The summed E-state index contributed by atoms with van der Waals surface area (Å²) in [7, 11) is 0. The molecule has 2 heterocycles. The fourth-order valence-electron chi connectivity index (χ4n) is 3.39. The van der Waals surface area contributed by atoms with Gasteiger partial charge in [-0.25, -0.2) is 4.98 Å². The molecule has 4 aromatic rings. The molecule has 0 fully saturated rings. The molecule has 2 aromatic heterocycles. The summed E-state index contributed by atoms with van der Waals surface area (Å²) in [6, 6.07) is 10.7. The zero-order valence-electron chi connectivity index (χ0n) is 16.9. The van der Waals surface area contributed by atoms with Crippen LogP contribution in [0.25, 0.3) is 21.7 Å².